The maximum atomic E-state index is 13.3. The van der Waals surface area contributed by atoms with E-state index in [9.17, 15) is 4.79 Å². The Labute approximate surface area is 367 Å². The Balaban J connectivity index is 0.917. The highest BCUT2D eigenvalue weighted by Gasteiger charge is 2.59. The predicted octanol–water partition coefficient (Wildman–Crippen LogP) is 13.1. The van der Waals surface area contributed by atoms with Gasteiger partial charge >= 0.3 is 5.97 Å². The second-order valence-electron chi connectivity index (χ2n) is 20.3. The van der Waals surface area contributed by atoms with Crippen molar-refractivity contribution in [2.24, 2.45) is 46.3 Å². The molecule has 4 fully saturated rings. The van der Waals surface area contributed by atoms with Gasteiger partial charge in [0.25, 0.3) is 0 Å². The molecule has 0 spiro atoms. The first-order valence-electron chi connectivity index (χ1n) is 24.1. The molecule has 8 nitrogen and oxygen atoms in total. The average molecular weight is 836 g/mol. The van der Waals surface area contributed by atoms with Gasteiger partial charge in [-0.1, -0.05) is 97.3 Å². The van der Waals surface area contributed by atoms with Crippen molar-refractivity contribution in [3.63, 3.8) is 0 Å². The first-order valence-corrected chi connectivity index (χ1v) is 24.1. The molecule has 3 heterocycles. The molecule has 0 N–H and O–H groups in total. The van der Waals surface area contributed by atoms with Gasteiger partial charge in [0.15, 0.2) is 17.2 Å². The van der Waals surface area contributed by atoms with Gasteiger partial charge in [-0.25, -0.2) is 9.97 Å². The van der Waals surface area contributed by atoms with E-state index in [2.05, 4.69) is 64.8 Å². The summed E-state index contributed by atoms with van der Waals surface area (Å²) in [5.74, 6) is 8.10. The third-order valence-corrected chi connectivity index (χ3v) is 16.2. The van der Waals surface area contributed by atoms with E-state index >= 15 is 0 Å². The largest absolute Gasteiger partial charge is 0.467 e. The van der Waals surface area contributed by atoms with E-state index < -0.39 is 0 Å². The Hall–Kier alpha value is -3.65. The van der Waals surface area contributed by atoms with Gasteiger partial charge < -0.3 is 23.5 Å². The highest BCUT2D eigenvalue weighted by Crippen LogP contribution is 2.67. The summed E-state index contributed by atoms with van der Waals surface area (Å²) in [6.45, 7) is 29.5. The molecule has 0 aromatic carbocycles. The molecule has 0 amide bonds. The van der Waals surface area contributed by atoms with Crippen LogP contribution in [0.25, 0.3) is 16.7 Å². The predicted molar refractivity (Wildman–Crippen MR) is 248 cm³/mol. The fourth-order valence-electron chi connectivity index (χ4n) is 12.8. The van der Waals surface area contributed by atoms with Crippen LogP contribution in [0.2, 0.25) is 0 Å². The first kappa shape index (κ1) is 45.4. The molecule has 8 heteroatoms. The minimum atomic E-state index is -0.176. The zero-order valence-corrected chi connectivity index (χ0v) is 39.1. The lowest BCUT2D eigenvalue weighted by Gasteiger charge is -2.58. The summed E-state index contributed by atoms with van der Waals surface area (Å²) in [7, 11) is 0. The molecular weight excluding hydrogens is 759 g/mol. The lowest BCUT2D eigenvalue weighted by atomic mass is 9.47. The fraction of sp³-hybridized carbons (Fsp3) is 0.679. The Morgan fingerprint density at radius 3 is 2.57 bits per heavy atom. The number of hydrogen-bond acceptors (Lipinski definition) is 8. The average Bonchev–Trinajstić information content (AvgIpc) is 3.76. The van der Waals surface area contributed by atoms with Crippen molar-refractivity contribution < 1.29 is 23.4 Å². The molecule has 5 aliphatic rings. The zero-order chi connectivity index (χ0) is 43.5. The number of carbonyl (C=O) groups excluding carboxylic acids is 1. The molecule has 8 atom stereocenters. The molecule has 334 valence electrons. The van der Waals surface area contributed by atoms with Crippen LogP contribution in [0.15, 0.2) is 59.0 Å². The minimum absolute atomic E-state index is 0.0545. The molecule has 61 heavy (non-hydrogen) atoms. The Morgan fingerprint density at radius 1 is 1.05 bits per heavy atom. The van der Waals surface area contributed by atoms with Gasteiger partial charge in [0.1, 0.15) is 23.1 Å². The Bertz CT molecular complexity index is 2000. The highest BCUT2D eigenvalue weighted by molar-refractivity contribution is 5.89. The van der Waals surface area contributed by atoms with Gasteiger partial charge in [-0.05, 0) is 118 Å². The van der Waals surface area contributed by atoms with Crippen molar-refractivity contribution in [1.82, 2.24) is 9.97 Å². The van der Waals surface area contributed by atoms with Crippen LogP contribution in [0.1, 0.15) is 156 Å². The number of furan rings is 1. The second-order valence-corrected chi connectivity index (χ2v) is 20.3. The van der Waals surface area contributed by atoms with Crippen LogP contribution in [0.3, 0.4) is 0 Å². The van der Waals surface area contributed by atoms with Gasteiger partial charge in [-0.15, -0.1) is 0 Å². The number of aromatic nitrogens is 2. The molecule has 2 aromatic rings. The molecule has 1 aliphatic heterocycles. The van der Waals surface area contributed by atoms with Gasteiger partial charge in [-0.3, -0.25) is 4.79 Å². The van der Waals surface area contributed by atoms with Crippen LogP contribution in [0.5, 0.6) is 0 Å². The first-order chi connectivity index (χ1) is 29.2. The molecule has 0 radical (unpaired) electrons. The van der Waals surface area contributed by atoms with Crippen LogP contribution in [-0.4, -0.2) is 48.3 Å². The Kier molecular flexibility index (Phi) is 14.4. The number of nitrogens with zero attached hydrogens (tertiary/aromatic N) is 3. The fourth-order valence-corrected chi connectivity index (χ4v) is 12.8. The van der Waals surface area contributed by atoms with Crippen molar-refractivity contribution >= 4 is 28.5 Å². The summed E-state index contributed by atoms with van der Waals surface area (Å²) in [6, 6.07) is 0. The number of ether oxygens (including phenoxy) is 3. The van der Waals surface area contributed by atoms with E-state index in [1.54, 1.807) is 5.57 Å². The van der Waals surface area contributed by atoms with Crippen molar-refractivity contribution in [1.29, 1.82) is 0 Å². The van der Waals surface area contributed by atoms with Crippen LogP contribution in [-0.2, 0) is 25.4 Å². The standard InChI is InChI=1S/C53H77N3O5/c1-11-13-17-46-38(8)48-49(61-46)51(56-28-30-58-31-29-56)55-50(54-48)35(5)32-37(7)59-36(6)18-23-47(57)60-41-24-26-52(9)40(33-41)19-20-42-44-22-21-43(53(44,10)27-25-45(42)52)39(12-2)16-14-15-34(3)4/h11,13,19,32,34,39,41-45H,5-6,12,14-18,20-31,33H2,1-4,7-10H3. The number of anilines is 1. The maximum absolute atomic E-state index is 13.3. The lowest BCUT2D eigenvalue weighted by molar-refractivity contribution is -0.151. The van der Waals surface area contributed by atoms with Gasteiger partial charge in [0.05, 0.1) is 25.4 Å². The summed E-state index contributed by atoms with van der Waals surface area (Å²) in [5.41, 5.74) is 5.40. The Morgan fingerprint density at radius 2 is 1.84 bits per heavy atom. The van der Waals surface area contributed by atoms with Gasteiger partial charge in [0.2, 0.25) is 0 Å². The molecule has 2 aromatic heterocycles. The summed E-state index contributed by atoms with van der Waals surface area (Å²) >= 11 is 0. The van der Waals surface area contributed by atoms with Crippen molar-refractivity contribution in [3.05, 3.63) is 71.7 Å². The van der Waals surface area contributed by atoms with Crippen molar-refractivity contribution in [2.45, 2.75) is 158 Å². The van der Waals surface area contributed by atoms with E-state index in [-0.39, 0.29) is 23.9 Å². The van der Waals surface area contributed by atoms with Crippen LogP contribution in [0.4, 0.5) is 5.82 Å². The third kappa shape index (κ3) is 9.65. The molecule has 7 rings (SSSR count). The summed E-state index contributed by atoms with van der Waals surface area (Å²) < 4.78 is 24.2. The van der Waals surface area contributed by atoms with E-state index in [1.165, 1.54) is 57.8 Å². The summed E-state index contributed by atoms with van der Waals surface area (Å²) in [6.07, 6.45) is 25.1. The van der Waals surface area contributed by atoms with E-state index in [4.69, 9.17) is 28.6 Å². The number of fused-ring (bicyclic) bond motifs is 6. The molecule has 4 aliphatic carbocycles. The SMILES string of the molecule is C=C(CCC(=O)OC1CCC2(C)C(=CCC3C2CCC2(C)C(C(CC)CCCC(C)C)CCC32)C1)OC(C)=CC(=C)c1nc(N2CCOCC2)c2oc(CC=CC)c(C)c2n1. The zero-order valence-electron chi connectivity index (χ0n) is 39.1. The van der Waals surface area contributed by atoms with Gasteiger partial charge in [-0.2, -0.15) is 0 Å². The number of esters is 1. The molecular formula is C53H77N3O5. The normalized spacial score (nSPS) is 29.6. The van der Waals surface area contributed by atoms with E-state index in [0.717, 1.165) is 90.5 Å². The quantitative estimate of drug-likeness (QED) is 0.0674. The molecule has 1 saturated heterocycles. The second kappa shape index (κ2) is 19.4. The smallest absolute Gasteiger partial charge is 0.306 e. The van der Waals surface area contributed by atoms with Gasteiger partial charge in [0, 0.05) is 43.5 Å². The van der Waals surface area contributed by atoms with Crippen molar-refractivity contribution in [3.8, 4) is 0 Å². The minimum Gasteiger partial charge on any atom is -0.467 e. The molecule has 8 unspecified atom stereocenters. The van der Waals surface area contributed by atoms with Crippen molar-refractivity contribution in [2.75, 3.05) is 31.2 Å². The number of morpholine rings is 1. The maximum Gasteiger partial charge on any atom is 0.306 e. The molecule has 0 bridgehead atoms. The lowest BCUT2D eigenvalue weighted by Crippen LogP contribution is -2.51. The van der Waals surface area contributed by atoms with Crippen LogP contribution >= 0.6 is 0 Å². The number of rotatable bonds is 17. The van der Waals surface area contributed by atoms with Crippen LogP contribution < -0.4 is 4.90 Å². The summed E-state index contributed by atoms with van der Waals surface area (Å²) in [5, 5.41) is 0. The third-order valence-electron chi connectivity index (χ3n) is 16.2. The number of aryl methyl sites for hydroxylation is 1. The number of allylic oxidation sites excluding steroid dienone is 7. The molecule has 3 saturated carbocycles. The van der Waals surface area contributed by atoms with E-state index in [0.29, 0.717) is 60.0 Å². The number of hydrogen-bond donors (Lipinski definition) is 0. The summed E-state index contributed by atoms with van der Waals surface area (Å²) in [4.78, 5) is 25.3. The monoisotopic (exact) mass is 836 g/mol. The number of carbonyl (C=O) groups is 1. The highest BCUT2D eigenvalue weighted by atomic mass is 16.5. The topological polar surface area (TPSA) is 86.9 Å². The van der Waals surface area contributed by atoms with E-state index in [1.807, 2.05) is 32.9 Å². The van der Waals surface area contributed by atoms with Crippen LogP contribution in [0, 0.1) is 53.3 Å².